The molecule has 0 spiro atoms. The van der Waals surface area contributed by atoms with E-state index in [0.29, 0.717) is 6.54 Å². The summed E-state index contributed by atoms with van der Waals surface area (Å²) in [5.74, 6) is 1.87. The zero-order valence-corrected chi connectivity index (χ0v) is 20.4. The minimum Gasteiger partial charge on any atom is -0.496 e. The van der Waals surface area contributed by atoms with Crippen LogP contribution < -0.4 is 15.4 Å². The van der Waals surface area contributed by atoms with E-state index in [1.807, 2.05) is 14.1 Å². The largest absolute Gasteiger partial charge is 0.496 e. The number of benzene rings is 1. The molecule has 7 heteroatoms. The second-order valence-corrected chi connectivity index (χ2v) is 9.56. The van der Waals surface area contributed by atoms with E-state index in [0.717, 1.165) is 70.0 Å². The van der Waals surface area contributed by atoms with E-state index in [1.54, 1.807) is 19.1 Å². The Morgan fingerprint density at radius 1 is 1.12 bits per heavy atom. The molecule has 1 aromatic carbocycles. The summed E-state index contributed by atoms with van der Waals surface area (Å²) in [5, 5.41) is 7.03. The predicted molar refractivity (Wildman–Crippen MR) is 128 cm³/mol. The maximum atomic E-state index is 12.9. The van der Waals surface area contributed by atoms with Crippen molar-refractivity contribution in [2.45, 2.75) is 50.9 Å². The Morgan fingerprint density at radius 2 is 1.78 bits per heavy atom. The average Bonchev–Trinajstić information content (AvgIpc) is 3.29. The molecule has 0 bridgehead atoms. The number of carbonyl (C=O) groups excluding carboxylic acids is 1. The van der Waals surface area contributed by atoms with Gasteiger partial charge in [0.05, 0.1) is 12.5 Å². The van der Waals surface area contributed by atoms with Gasteiger partial charge >= 0.3 is 0 Å². The van der Waals surface area contributed by atoms with Crippen LogP contribution >= 0.6 is 0 Å². The van der Waals surface area contributed by atoms with Gasteiger partial charge in [-0.1, -0.05) is 30.5 Å². The molecule has 32 heavy (non-hydrogen) atoms. The standard InChI is InChI=1S/C25H40N4O3/c1-19-8-9-21(31-5)20(16-19)24(12-14-32-15-13-24)17-27-23(26-2)28-18-25(10-6-7-11-25)22(30)29(3)4/h8-9,16H,6-7,10-15,17-18H2,1-5H3,(H2,26,27,28). The number of ether oxygens (including phenoxy) is 2. The molecule has 1 saturated heterocycles. The first kappa shape index (κ1) is 24.4. The molecule has 3 rings (SSSR count). The van der Waals surface area contributed by atoms with Crippen molar-refractivity contribution in [1.29, 1.82) is 0 Å². The van der Waals surface area contributed by atoms with Crippen LogP contribution in [0.5, 0.6) is 5.75 Å². The number of guanidine groups is 1. The molecule has 1 saturated carbocycles. The maximum Gasteiger partial charge on any atom is 0.230 e. The third-order valence-corrected chi connectivity index (χ3v) is 7.21. The summed E-state index contributed by atoms with van der Waals surface area (Å²) < 4.78 is 11.4. The Kier molecular flexibility index (Phi) is 8.04. The van der Waals surface area contributed by atoms with Gasteiger partial charge in [0.25, 0.3) is 0 Å². The van der Waals surface area contributed by atoms with Crippen LogP contribution in [-0.2, 0) is 14.9 Å². The molecule has 0 atom stereocenters. The van der Waals surface area contributed by atoms with E-state index in [4.69, 9.17) is 9.47 Å². The van der Waals surface area contributed by atoms with E-state index >= 15 is 0 Å². The highest BCUT2D eigenvalue weighted by Crippen LogP contribution is 2.40. The molecular weight excluding hydrogens is 404 g/mol. The van der Waals surface area contributed by atoms with Crippen LogP contribution in [0.15, 0.2) is 23.2 Å². The Bertz CT molecular complexity index is 809. The molecule has 2 N–H and O–H groups in total. The first-order chi connectivity index (χ1) is 15.4. The summed E-state index contributed by atoms with van der Waals surface area (Å²) in [5.41, 5.74) is 2.01. The van der Waals surface area contributed by atoms with Gasteiger partial charge in [-0.15, -0.1) is 0 Å². The van der Waals surface area contributed by atoms with Gasteiger partial charge in [-0.05, 0) is 38.7 Å². The summed E-state index contributed by atoms with van der Waals surface area (Å²) >= 11 is 0. The van der Waals surface area contributed by atoms with Gasteiger partial charge in [-0.3, -0.25) is 9.79 Å². The number of amides is 1. The summed E-state index contributed by atoms with van der Waals surface area (Å²) in [6.45, 7) is 4.90. The topological polar surface area (TPSA) is 75.2 Å². The van der Waals surface area contributed by atoms with Crippen LogP contribution in [0.1, 0.15) is 49.7 Å². The fourth-order valence-electron chi connectivity index (χ4n) is 5.26. The number of methoxy groups -OCH3 is 1. The monoisotopic (exact) mass is 444 g/mol. The third kappa shape index (κ3) is 5.20. The van der Waals surface area contributed by atoms with E-state index in [-0.39, 0.29) is 16.7 Å². The first-order valence-electron chi connectivity index (χ1n) is 11.7. The Labute approximate surface area is 192 Å². The molecule has 1 amide bonds. The number of rotatable bonds is 7. The lowest BCUT2D eigenvalue weighted by Crippen LogP contribution is -2.52. The second kappa shape index (κ2) is 10.6. The number of carbonyl (C=O) groups is 1. The fraction of sp³-hybridized carbons (Fsp3) is 0.680. The molecule has 2 aliphatic rings. The Hall–Kier alpha value is -2.28. The molecule has 7 nitrogen and oxygen atoms in total. The van der Waals surface area contributed by atoms with Crippen molar-refractivity contribution in [1.82, 2.24) is 15.5 Å². The van der Waals surface area contributed by atoms with Crippen LogP contribution in [0, 0.1) is 12.3 Å². The third-order valence-electron chi connectivity index (χ3n) is 7.21. The summed E-state index contributed by atoms with van der Waals surface area (Å²) in [7, 11) is 7.21. The van der Waals surface area contributed by atoms with Crippen molar-refractivity contribution in [2.24, 2.45) is 10.4 Å². The number of hydrogen-bond donors (Lipinski definition) is 2. The van der Waals surface area contributed by atoms with Gasteiger partial charge < -0.3 is 25.0 Å². The molecule has 178 valence electrons. The van der Waals surface area contributed by atoms with Crippen molar-refractivity contribution in [3.8, 4) is 5.75 Å². The Balaban J connectivity index is 1.74. The lowest BCUT2D eigenvalue weighted by molar-refractivity contribution is -0.138. The van der Waals surface area contributed by atoms with Crippen molar-refractivity contribution in [2.75, 3.05) is 54.6 Å². The summed E-state index contributed by atoms with van der Waals surface area (Å²) in [6.07, 6.45) is 5.89. The number of aryl methyl sites for hydroxylation is 1. The number of nitrogens with one attached hydrogen (secondary N) is 2. The molecule has 1 aromatic rings. The highest BCUT2D eigenvalue weighted by atomic mass is 16.5. The zero-order valence-electron chi connectivity index (χ0n) is 20.4. The molecule has 1 heterocycles. The smallest absolute Gasteiger partial charge is 0.230 e. The molecule has 0 unspecified atom stereocenters. The molecule has 1 aliphatic carbocycles. The zero-order chi connectivity index (χ0) is 23.2. The SMILES string of the molecule is CN=C(NCC1(C(=O)N(C)C)CCCC1)NCC1(c2cc(C)ccc2OC)CCOCC1. The van der Waals surface area contributed by atoms with Crippen molar-refractivity contribution in [3.63, 3.8) is 0 Å². The van der Waals surface area contributed by atoms with Gasteiger partial charge in [0.1, 0.15) is 5.75 Å². The lowest BCUT2D eigenvalue weighted by Gasteiger charge is -2.39. The average molecular weight is 445 g/mol. The predicted octanol–water partition coefficient (Wildman–Crippen LogP) is 2.87. The van der Waals surface area contributed by atoms with Gasteiger partial charge in [0.2, 0.25) is 5.91 Å². The number of hydrogen-bond acceptors (Lipinski definition) is 4. The van der Waals surface area contributed by atoms with Gasteiger partial charge in [0.15, 0.2) is 5.96 Å². The van der Waals surface area contributed by atoms with Crippen LogP contribution in [0.3, 0.4) is 0 Å². The minimum atomic E-state index is -0.336. The minimum absolute atomic E-state index is 0.0995. The van der Waals surface area contributed by atoms with E-state index in [2.05, 4.69) is 40.7 Å². The highest BCUT2D eigenvalue weighted by molar-refractivity contribution is 5.85. The maximum absolute atomic E-state index is 12.9. The lowest BCUT2D eigenvalue weighted by atomic mass is 9.73. The molecule has 2 fully saturated rings. The van der Waals surface area contributed by atoms with Crippen molar-refractivity contribution in [3.05, 3.63) is 29.3 Å². The molecule has 0 aromatic heterocycles. The van der Waals surface area contributed by atoms with Gasteiger partial charge in [-0.2, -0.15) is 0 Å². The molecular formula is C25H40N4O3. The quantitative estimate of drug-likeness (QED) is 0.500. The van der Waals surface area contributed by atoms with Crippen molar-refractivity contribution >= 4 is 11.9 Å². The Morgan fingerprint density at radius 3 is 2.38 bits per heavy atom. The van der Waals surface area contributed by atoms with E-state index in [1.165, 1.54) is 11.1 Å². The number of nitrogens with zero attached hydrogens (tertiary/aromatic N) is 2. The van der Waals surface area contributed by atoms with Crippen LogP contribution in [0.4, 0.5) is 0 Å². The van der Waals surface area contributed by atoms with Gasteiger partial charge in [0, 0.05) is 58.4 Å². The molecule has 1 aliphatic heterocycles. The normalized spacial score (nSPS) is 20.0. The first-order valence-corrected chi connectivity index (χ1v) is 11.7. The van der Waals surface area contributed by atoms with Gasteiger partial charge in [-0.25, -0.2) is 0 Å². The van der Waals surface area contributed by atoms with Crippen LogP contribution in [0.25, 0.3) is 0 Å². The van der Waals surface area contributed by atoms with E-state index in [9.17, 15) is 4.79 Å². The fourth-order valence-corrected chi connectivity index (χ4v) is 5.26. The van der Waals surface area contributed by atoms with Crippen molar-refractivity contribution < 1.29 is 14.3 Å². The van der Waals surface area contributed by atoms with Crippen LogP contribution in [0.2, 0.25) is 0 Å². The molecule has 0 radical (unpaired) electrons. The highest BCUT2D eigenvalue weighted by Gasteiger charge is 2.42. The summed E-state index contributed by atoms with van der Waals surface area (Å²) in [4.78, 5) is 19.1. The van der Waals surface area contributed by atoms with E-state index < -0.39 is 0 Å². The van der Waals surface area contributed by atoms with Crippen LogP contribution in [-0.4, -0.2) is 71.3 Å². The number of aliphatic imine (C=N–C) groups is 1. The second-order valence-electron chi connectivity index (χ2n) is 9.56. The summed E-state index contributed by atoms with van der Waals surface area (Å²) in [6, 6.07) is 6.39.